The van der Waals surface area contributed by atoms with Gasteiger partial charge in [-0.25, -0.2) is 9.59 Å². The predicted octanol–water partition coefficient (Wildman–Crippen LogP) is 0.427. The molecule has 7 nitrogen and oxygen atoms in total. The molecule has 0 unspecified atom stereocenters. The molecule has 0 atom stereocenters. The molecule has 0 amide bonds. The van der Waals surface area contributed by atoms with Gasteiger partial charge in [-0.05, 0) is 12.8 Å². The van der Waals surface area contributed by atoms with Crippen LogP contribution < -0.4 is 0 Å². The number of aliphatic hydroxyl groups is 2. The topological polar surface area (TPSA) is 128 Å². The van der Waals surface area contributed by atoms with Crippen molar-refractivity contribution in [2.24, 2.45) is 0 Å². The van der Waals surface area contributed by atoms with E-state index in [1.165, 1.54) is 0 Å². The van der Waals surface area contributed by atoms with E-state index in [9.17, 15) is 9.59 Å². The Labute approximate surface area is 96.9 Å². The molecule has 0 aromatic carbocycles. The van der Waals surface area contributed by atoms with E-state index < -0.39 is 11.9 Å². The van der Waals surface area contributed by atoms with Crippen LogP contribution in [0.5, 0.6) is 0 Å². The van der Waals surface area contributed by atoms with Crippen molar-refractivity contribution in [1.82, 2.24) is 0 Å². The van der Waals surface area contributed by atoms with Gasteiger partial charge in [-0.2, -0.15) is 0 Å². The molecule has 7 heteroatoms. The van der Waals surface area contributed by atoms with Gasteiger partial charge >= 0.3 is 11.9 Å². The van der Waals surface area contributed by atoms with Crippen LogP contribution in [0, 0.1) is 0 Å². The number of furan rings is 1. The molecule has 96 valence electrons. The van der Waals surface area contributed by atoms with E-state index in [0.717, 1.165) is 25.4 Å². The minimum Gasteiger partial charge on any atom is -0.478 e. The second-order valence-electron chi connectivity index (χ2n) is 2.96. The van der Waals surface area contributed by atoms with Gasteiger partial charge in [0.25, 0.3) is 0 Å². The number of hydrogen-bond acceptors (Lipinski definition) is 5. The van der Waals surface area contributed by atoms with Gasteiger partial charge in [0, 0.05) is 13.2 Å². The fourth-order valence-corrected chi connectivity index (χ4v) is 0.852. The monoisotopic (exact) mass is 246 g/mol. The molecular weight excluding hydrogens is 232 g/mol. The number of carboxylic acids is 2. The fraction of sp³-hybridized carbons (Fsp3) is 0.400. The zero-order valence-corrected chi connectivity index (χ0v) is 9.00. The lowest BCUT2D eigenvalue weighted by Gasteiger charge is -1.88. The second-order valence-corrected chi connectivity index (χ2v) is 2.96. The van der Waals surface area contributed by atoms with Gasteiger partial charge in [-0.15, -0.1) is 0 Å². The summed E-state index contributed by atoms with van der Waals surface area (Å²) in [7, 11) is 0. The van der Waals surface area contributed by atoms with Gasteiger partial charge in [0.1, 0.15) is 23.7 Å². The van der Waals surface area contributed by atoms with E-state index in [4.69, 9.17) is 20.4 Å². The summed E-state index contributed by atoms with van der Waals surface area (Å²) in [6, 6.07) is 0. The van der Waals surface area contributed by atoms with Crippen molar-refractivity contribution in [3.63, 3.8) is 0 Å². The van der Waals surface area contributed by atoms with E-state index >= 15 is 0 Å². The van der Waals surface area contributed by atoms with Crippen molar-refractivity contribution >= 4 is 11.9 Å². The molecule has 17 heavy (non-hydrogen) atoms. The minimum absolute atomic E-state index is 0.195. The Bertz CT molecular complexity index is 323. The first kappa shape index (κ1) is 15.1. The molecule has 1 heterocycles. The Kier molecular flexibility index (Phi) is 7.40. The second kappa shape index (κ2) is 8.31. The van der Waals surface area contributed by atoms with Crippen LogP contribution in [0.1, 0.15) is 33.6 Å². The van der Waals surface area contributed by atoms with Crippen LogP contribution in [0.4, 0.5) is 0 Å². The third kappa shape index (κ3) is 5.69. The van der Waals surface area contributed by atoms with Crippen LogP contribution in [-0.4, -0.2) is 45.6 Å². The smallest absolute Gasteiger partial charge is 0.339 e. The molecule has 0 saturated carbocycles. The molecule has 0 fully saturated rings. The summed E-state index contributed by atoms with van der Waals surface area (Å²) in [4.78, 5) is 20.5. The van der Waals surface area contributed by atoms with E-state index in [0.29, 0.717) is 0 Å². The summed E-state index contributed by atoms with van der Waals surface area (Å²) in [5.74, 6) is -2.62. The zero-order valence-electron chi connectivity index (χ0n) is 9.00. The highest BCUT2D eigenvalue weighted by molar-refractivity contribution is 6.01. The van der Waals surface area contributed by atoms with Crippen LogP contribution in [0.15, 0.2) is 16.9 Å². The highest BCUT2D eigenvalue weighted by Crippen LogP contribution is 2.09. The maximum absolute atomic E-state index is 10.3. The average molecular weight is 246 g/mol. The molecule has 1 aromatic heterocycles. The Balaban J connectivity index is 0.000000366. The van der Waals surface area contributed by atoms with Crippen LogP contribution in [0.2, 0.25) is 0 Å². The Hall–Kier alpha value is -1.86. The van der Waals surface area contributed by atoms with Crippen LogP contribution in [0.25, 0.3) is 0 Å². The van der Waals surface area contributed by atoms with Crippen molar-refractivity contribution in [3.05, 3.63) is 23.7 Å². The summed E-state index contributed by atoms with van der Waals surface area (Å²) < 4.78 is 4.41. The van der Waals surface area contributed by atoms with Gasteiger partial charge in [0.15, 0.2) is 0 Å². The van der Waals surface area contributed by atoms with Crippen molar-refractivity contribution < 1.29 is 34.4 Å². The van der Waals surface area contributed by atoms with E-state index in [2.05, 4.69) is 4.42 Å². The highest BCUT2D eigenvalue weighted by Gasteiger charge is 2.17. The third-order valence-electron chi connectivity index (χ3n) is 1.69. The number of hydrogen-bond donors (Lipinski definition) is 4. The Morgan fingerprint density at radius 3 is 1.53 bits per heavy atom. The van der Waals surface area contributed by atoms with Crippen LogP contribution >= 0.6 is 0 Å². The van der Waals surface area contributed by atoms with Crippen molar-refractivity contribution in [2.45, 2.75) is 12.8 Å². The largest absolute Gasteiger partial charge is 0.478 e. The van der Waals surface area contributed by atoms with E-state index in [1.54, 1.807) is 0 Å². The number of rotatable bonds is 5. The number of aliphatic hydroxyl groups excluding tert-OH is 2. The van der Waals surface area contributed by atoms with Gasteiger partial charge in [0.05, 0.1) is 0 Å². The lowest BCUT2D eigenvalue weighted by molar-refractivity contribution is 0.0653. The number of carboxylic acid groups (broad SMARTS) is 2. The maximum Gasteiger partial charge on any atom is 0.339 e. The molecule has 4 N–H and O–H groups in total. The highest BCUT2D eigenvalue weighted by atomic mass is 16.4. The van der Waals surface area contributed by atoms with Gasteiger partial charge in [-0.1, -0.05) is 0 Å². The molecule has 1 rings (SSSR count). The van der Waals surface area contributed by atoms with E-state index in [-0.39, 0.29) is 24.3 Å². The molecule has 0 saturated heterocycles. The molecule has 0 aliphatic carbocycles. The number of carbonyl (C=O) groups is 2. The number of aromatic carboxylic acids is 2. The third-order valence-corrected chi connectivity index (χ3v) is 1.69. The molecule has 0 spiro atoms. The van der Waals surface area contributed by atoms with Gasteiger partial charge in [-0.3, -0.25) is 0 Å². The first-order valence-electron chi connectivity index (χ1n) is 4.79. The predicted molar refractivity (Wildman–Crippen MR) is 56.0 cm³/mol. The summed E-state index contributed by atoms with van der Waals surface area (Å²) >= 11 is 0. The van der Waals surface area contributed by atoms with Crippen molar-refractivity contribution in [3.8, 4) is 0 Å². The Morgan fingerprint density at radius 1 is 0.941 bits per heavy atom. The quantitative estimate of drug-likeness (QED) is 0.554. The molecule has 0 radical (unpaired) electrons. The summed E-state index contributed by atoms with van der Waals surface area (Å²) in [6.45, 7) is 0.390. The normalized spacial score (nSPS) is 9.29. The lowest BCUT2D eigenvalue weighted by atomic mass is 10.2. The zero-order chi connectivity index (χ0) is 13.3. The minimum atomic E-state index is -1.31. The lowest BCUT2D eigenvalue weighted by Crippen LogP contribution is -2.03. The van der Waals surface area contributed by atoms with Crippen LogP contribution in [0.3, 0.4) is 0 Å². The summed E-state index contributed by atoms with van der Waals surface area (Å²) in [6.07, 6.45) is 3.20. The van der Waals surface area contributed by atoms with Gasteiger partial charge in [0.2, 0.25) is 0 Å². The van der Waals surface area contributed by atoms with Crippen LogP contribution in [-0.2, 0) is 0 Å². The molecule has 0 bridgehead atoms. The summed E-state index contributed by atoms with van der Waals surface area (Å²) in [5.41, 5.74) is -0.671. The summed E-state index contributed by atoms with van der Waals surface area (Å²) in [5, 5.41) is 32.9. The van der Waals surface area contributed by atoms with Gasteiger partial charge < -0.3 is 24.8 Å². The van der Waals surface area contributed by atoms with Crippen molar-refractivity contribution in [1.29, 1.82) is 0 Å². The molecule has 0 aliphatic heterocycles. The van der Waals surface area contributed by atoms with E-state index in [1.807, 2.05) is 0 Å². The standard InChI is InChI=1S/C6H4O5.C4H10O2/c7-5(8)3-1-11-2-4(3)6(9)10;5-3-1-2-4-6/h1-2H,(H,7,8)(H,9,10);5-6H,1-4H2. The first-order chi connectivity index (χ1) is 8.04. The Morgan fingerprint density at radius 2 is 1.29 bits per heavy atom. The maximum atomic E-state index is 10.3. The molecular formula is C10H14O7. The fourth-order valence-electron chi connectivity index (χ4n) is 0.852. The van der Waals surface area contributed by atoms with Crippen molar-refractivity contribution in [2.75, 3.05) is 13.2 Å². The molecule has 1 aromatic rings. The average Bonchev–Trinajstić information content (AvgIpc) is 2.76. The molecule has 0 aliphatic rings. The SMILES string of the molecule is O=C(O)c1cocc1C(=O)O.OCCCCO. The number of unbranched alkanes of at least 4 members (excludes halogenated alkanes) is 1. The first-order valence-corrected chi connectivity index (χ1v) is 4.79.